The molecular weight excluding hydrogens is 192 g/mol. The smallest absolute Gasteiger partial charge is 0.0620 e. The van der Waals surface area contributed by atoms with E-state index in [2.05, 4.69) is 5.10 Å². The van der Waals surface area contributed by atoms with Gasteiger partial charge in [-0.15, -0.1) is 0 Å². The first-order valence-electron chi connectivity index (χ1n) is 5.23. The molecule has 0 aliphatic carbocycles. The first kappa shape index (κ1) is 12.2. The van der Waals surface area contributed by atoms with E-state index in [4.69, 9.17) is 4.74 Å². The Morgan fingerprint density at radius 3 is 2.73 bits per heavy atom. The Hall–Kier alpha value is -0.870. The van der Waals surface area contributed by atoms with Crippen molar-refractivity contribution in [2.24, 2.45) is 7.05 Å². The average Bonchev–Trinajstić information content (AvgIpc) is 2.44. The maximum atomic E-state index is 9.82. The molecule has 1 aromatic rings. The van der Waals surface area contributed by atoms with Crippen LogP contribution in [0.2, 0.25) is 0 Å². The van der Waals surface area contributed by atoms with Crippen molar-refractivity contribution in [2.45, 2.75) is 38.9 Å². The summed E-state index contributed by atoms with van der Waals surface area (Å²) in [6, 6.07) is 2.00. The van der Waals surface area contributed by atoms with Crippen LogP contribution in [0.15, 0.2) is 6.07 Å². The van der Waals surface area contributed by atoms with Crippen molar-refractivity contribution in [3.05, 3.63) is 17.5 Å². The highest BCUT2D eigenvalue weighted by molar-refractivity contribution is 5.09. The van der Waals surface area contributed by atoms with Gasteiger partial charge in [0.2, 0.25) is 0 Å². The number of aryl methyl sites for hydroxylation is 2. The molecule has 4 heteroatoms. The number of hydrogen-bond acceptors (Lipinski definition) is 3. The standard InChI is InChI=1S/C11H20N2O2/c1-8-5-10(13(3)12-8)7-11(14)6-9(2)15-4/h5,9,11,14H,6-7H2,1-4H3. The van der Waals surface area contributed by atoms with Crippen LogP contribution in [0.3, 0.4) is 0 Å². The first-order chi connectivity index (χ1) is 7.02. The molecule has 4 nitrogen and oxygen atoms in total. The zero-order chi connectivity index (χ0) is 11.4. The van der Waals surface area contributed by atoms with Crippen LogP contribution < -0.4 is 0 Å². The maximum Gasteiger partial charge on any atom is 0.0620 e. The summed E-state index contributed by atoms with van der Waals surface area (Å²) in [6.45, 7) is 3.91. The second-order valence-corrected chi connectivity index (χ2v) is 4.04. The van der Waals surface area contributed by atoms with E-state index in [1.54, 1.807) is 7.11 Å². The molecule has 0 spiro atoms. The zero-order valence-corrected chi connectivity index (χ0v) is 9.90. The van der Waals surface area contributed by atoms with E-state index in [9.17, 15) is 5.11 Å². The third kappa shape index (κ3) is 3.64. The molecule has 0 saturated carbocycles. The lowest BCUT2D eigenvalue weighted by Gasteiger charge is -2.14. The van der Waals surface area contributed by atoms with Crippen molar-refractivity contribution in [1.82, 2.24) is 9.78 Å². The van der Waals surface area contributed by atoms with E-state index in [1.165, 1.54) is 0 Å². The van der Waals surface area contributed by atoms with Crippen molar-refractivity contribution in [3.63, 3.8) is 0 Å². The Labute approximate surface area is 90.9 Å². The van der Waals surface area contributed by atoms with E-state index in [0.717, 1.165) is 11.4 Å². The van der Waals surface area contributed by atoms with Gasteiger partial charge in [-0.3, -0.25) is 4.68 Å². The first-order valence-corrected chi connectivity index (χ1v) is 5.23. The minimum atomic E-state index is -0.366. The molecule has 0 aromatic carbocycles. The third-order valence-electron chi connectivity index (χ3n) is 2.55. The molecule has 0 amide bonds. The van der Waals surface area contributed by atoms with Gasteiger partial charge in [0.05, 0.1) is 17.9 Å². The van der Waals surface area contributed by atoms with Gasteiger partial charge >= 0.3 is 0 Å². The second kappa shape index (κ2) is 5.28. The molecule has 1 heterocycles. The van der Waals surface area contributed by atoms with Gasteiger partial charge in [-0.25, -0.2) is 0 Å². The van der Waals surface area contributed by atoms with Crippen LogP contribution in [-0.2, 0) is 18.2 Å². The minimum Gasteiger partial charge on any atom is -0.393 e. The zero-order valence-electron chi connectivity index (χ0n) is 9.90. The quantitative estimate of drug-likeness (QED) is 0.793. The van der Waals surface area contributed by atoms with E-state index in [0.29, 0.717) is 12.8 Å². The van der Waals surface area contributed by atoms with Gasteiger partial charge in [-0.05, 0) is 26.3 Å². The number of rotatable bonds is 5. The largest absolute Gasteiger partial charge is 0.393 e. The maximum absolute atomic E-state index is 9.82. The van der Waals surface area contributed by atoms with Crippen LogP contribution in [0, 0.1) is 6.92 Å². The van der Waals surface area contributed by atoms with Crippen LogP contribution in [0.1, 0.15) is 24.7 Å². The molecule has 0 bridgehead atoms. The van der Waals surface area contributed by atoms with E-state index in [-0.39, 0.29) is 12.2 Å². The molecule has 0 aliphatic heterocycles. The summed E-state index contributed by atoms with van der Waals surface area (Å²) in [7, 11) is 3.56. The predicted octanol–water partition coefficient (Wildman–Crippen LogP) is 1.06. The van der Waals surface area contributed by atoms with E-state index < -0.39 is 0 Å². The molecule has 1 N–H and O–H groups in total. The van der Waals surface area contributed by atoms with Gasteiger partial charge in [0.15, 0.2) is 0 Å². The van der Waals surface area contributed by atoms with Gasteiger partial charge in [0.1, 0.15) is 0 Å². The molecule has 0 fully saturated rings. The van der Waals surface area contributed by atoms with Gasteiger partial charge in [0, 0.05) is 26.3 Å². The molecular formula is C11H20N2O2. The predicted molar refractivity (Wildman–Crippen MR) is 58.7 cm³/mol. The fourth-order valence-corrected chi connectivity index (χ4v) is 1.66. The molecule has 1 rings (SSSR count). The second-order valence-electron chi connectivity index (χ2n) is 4.04. The molecule has 1 aromatic heterocycles. The topological polar surface area (TPSA) is 47.3 Å². The normalized spacial score (nSPS) is 15.3. The van der Waals surface area contributed by atoms with Crippen LogP contribution in [0.4, 0.5) is 0 Å². The lowest BCUT2D eigenvalue weighted by atomic mass is 10.1. The van der Waals surface area contributed by atoms with Crippen LogP contribution in [0.25, 0.3) is 0 Å². The summed E-state index contributed by atoms with van der Waals surface area (Å²) in [5.74, 6) is 0. The minimum absolute atomic E-state index is 0.0920. The summed E-state index contributed by atoms with van der Waals surface area (Å²) in [5.41, 5.74) is 2.04. The van der Waals surface area contributed by atoms with Crippen molar-refractivity contribution in [1.29, 1.82) is 0 Å². The molecule has 0 radical (unpaired) electrons. The highest BCUT2D eigenvalue weighted by atomic mass is 16.5. The number of aliphatic hydroxyl groups excluding tert-OH is 1. The summed E-state index contributed by atoms with van der Waals surface area (Å²) in [6.07, 6.45) is 1.01. The number of ether oxygens (including phenoxy) is 1. The van der Waals surface area contributed by atoms with E-state index in [1.807, 2.05) is 31.6 Å². The summed E-state index contributed by atoms with van der Waals surface area (Å²) in [4.78, 5) is 0. The molecule has 2 atom stereocenters. The Bertz CT molecular complexity index is 310. The highest BCUT2D eigenvalue weighted by Crippen LogP contribution is 2.09. The SMILES string of the molecule is COC(C)CC(O)Cc1cc(C)nn1C. The van der Waals surface area contributed by atoms with Gasteiger partial charge in [-0.2, -0.15) is 5.10 Å². The molecule has 86 valence electrons. The van der Waals surface area contributed by atoms with Crippen LogP contribution >= 0.6 is 0 Å². The van der Waals surface area contributed by atoms with Crippen molar-refractivity contribution in [2.75, 3.05) is 7.11 Å². The van der Waals surface area contributed by atoms with Crippen molar-refractivity contribution < 1.29 is 9.84 Å². The Morgan fingerprint density at radius 1 is 1.60 bits per heavy atom. The highest BCUT2D eigenvalue weighted by Gasteiger charge is 2.12. The van der Waals surface area contributed by atoms with E-state index >= 15 is 0 Å². The van der Waals surface area contributed by atoms with Crippen LogP contribution in [-0.4, -0.2) is 34.2 Å². The lowest BCUT2D eigenvalue weighted by Crippen LogP contribution is -2.20. The monoisotopic (exact) mass is 212 g/mol. The number of methoxy groups -OCH3 is 1. The third-order valence-corrected chi connectivity index (χ3v) is 2.55. The van der Waals surface area contributed by atoms with Crippen molar-refractivity contribution in [3.8, 4) is 0 Å². The molecule has 0 aliphatic rings. The van der Waals surface area contributed by atoms with Gasteiger partial charge in [-0.1, -0.05) is 0 Å². The molecule has 2 unspecified atom stereocenters. The Balaban J connectivity index is 2.50. The number of hydrogen-bond donors (Lipinski definition) is 1. The molecule has 0 saturated heterocycles. The number of aromatic nitrogens is 2. The molecule has 15 heavy (non-hydrogen) atoms. The Kier molecular flexibility index (Phi) is 4.29. The number of nitrogens with zero attached hydrogens (tertiary/aromatic N) is 2. The lowest BCUT2D eigenvalue weighted by molar-refractivity contribution is 0.0558. The van der Waals surface area contributed by atoms with Crippen molar-refractivity contribution >= 4 is 0 Å². The summed E-state index contributed by atoms with van der Waals surface area (Å²) in [5, 5.41) is 14.1. The number of aliphatic hydroxyl groups is 1. The summed E-state index contributed by atoms with van der Waals surface area (Å²) >= 11 is 0. The van der Waals surface area contributed by atoms with Gasteiger partial charge in [0.25, 0.3) is 0 Å². The van der Waals surface area contributed by atoms with Gasteiger partial charge < -0.3 is 9.84 Å². The fraction of sp³-hybridized carbons (Fsp3) is 0.727. The fourth-order valence-electron chi connectivity index (χ4n) is 1.66. The average molecular weight is 212 g/mol. The van der Waals surface area contributed by atoms with Crippen LogP contribution in [0.5, 0.6) is 0 Å². The summed E-state index contributed by atoms with van der Waals surface area (Å²) < 4.78 is 6.93. The Morgan fingerprint density at radius 2 is 2.27 bits per heavy atom.